The second kappa shape index (κ2) is 3.63. The van der Waals surface area contributed by atoms with E-state index >= 15 is 0 Å². The zero-order valence-corrected chi connectivity index (χ0v) is 6.46. The number of hydrazone groups is 1. The van der Waals surface area contributed by atoms with Crippen molar-refractivity contribution in [3.63, 3.8) is 0 Å². The molecule has 1 aromatic carbocycles. The van der Waals surface area contributed by atoms with E-state index in [2.05, 4.69) is 5.10 Å². The molecule has 0 bridgehead atoms. The number of nitriles is 1. The van der Waals surface area contributed by atoms with Crippen LogP contribution in [0.4, 0.5) is 8.78 Å². The Balaban J connectivity index is 3.40. The van der Waals surface area contributed by atoms with Crippen molar-refractivity contribution in [2.45, 2.75) is 0 Å². The molecule has 0 aromatic heterocycles. The van der Waals surface area contributed by atoms with Gasteiger partial charge < -0.3 is 5.84 Å². The number of nitrogens with zero attached hydrogens (tertiary/aromatic N) is 2. The summed E-state index contributed by atoms with van der Waals surface area (Å²) in [7, 11) is 0. The number of nitrogens with two attached hydrogens (primary N) is 1. The van der Waals surface area contributed by atoms with Crippen LogP contribution in [0, 0.1) is 23.0 Å². The molecule has 0 unspecified atom stereocenters. The Kier molecular flexibility index (Phi) is 2.55. The molecule has 0 aliphatic carbocycles. The second-order valence-corrected chi connectivity index (χ2v) is 2.21. The van der Waals surface area contributed by atoms with Crippen molar-refractivity contribution in [1.82, 2.24) is 0 Å². The molecule has 0 amide bonds. The first-order chi connectivity index (χ1) is 6.20. The van der Waals surface area contributed by atoms with Crippen molar-refractivity contribution in [2.75, 3.05) is 0 Å². The fourth-order valence-corrected chi connectivity index (χ4v) is 0.849. The Hall–Kier alpha value is -1.96. The minimum atomic E-state index is -0.948. The fraction of sp³-hybridized carbons (Fsp3) is 0. The highest BCUT2D eigenvalue weighted by molar-refractivity contribution is 5.80. The van der Waals surface area contributed by atoms with Gasteiger partial charge in [0.1, 0.15) is 11.9 Å². The van der Waals surface area contributed by atoms with Crippen LogP contribution < -0.4 is 5.84 Å². The molecule has 66 valence electrons. The Morgan fingerprint density at radius 1 is 1.46 bits per heavy atom. The van der Waals surface area contributed by atoms with Crippen LogP contribution in [-0.2, 0) is 0 Å². The maximum Gasteiger partial charge on any atom is 0.152 e. The summed E-state index contributed by atoms with van der Waals surface area (Å²) in [5.74, 6) is 3.00. The van der Waals surface area contributed by atoms with Gasteiger partial charge in [-0.25, -0.2) is 8.78 Å². The van der Waals surface area contributed by atoms with Crippen LogP contribution >= 0.6 is 0 Å². The average molecular weight is 181 g/mol. The van der Waals surface area contributed by atoms with Gasteiger partial charge >= 0.3 is 0 Å². The number of hydrogen-bond donors (Lipinski definition) is 1. The quantitative estimate of drug-likeness (QED) is 0.401. The van der Waals surface area contributed by atoms with Crippen molar-refractivity contribution in [2.24, 2.45) is 10.9 Å². The molecule has 3 nitrogen and oxygen atoms in total. The third-order valence-electron chi connectivity index (χ3n) is 1.45. The first kappa shape index (κ1) is 9.13. The first-order valence-corrected chi connectivity index (χ1v) is 3.32. The largest absolute Gasteiger partial charge is 0.323 e. The third kappa shape index (κ3) is 1.62. The van der Waals surface area contributed by atoms with Crippen LogP contribution in [0.1, 0.15) is 11.1 Å². The molecule has 0 atom stereocenters. The van der Waals surface area contributed by atoms with Crippen molar-refractivity contribution in [3.8, 4) is 6.07 Å². The minimum absolute atomic E-state index is 0.240. The molecule has 13 heavy (non-hydrogen) atoms. The van der Waals surface area contributed by atoms with E-state index in [0.717, 1.165) is 18.3 Å². The average Bonchev–Trinajstić information content (AvgIpc) is 2.12. The van der Waals surface area contributed by atoms with Gasteiger partial charge in [-0.05, 0) is 12.1 Å². The van der Waals surface area contributed by atoms with Gasteiger partial charge in [-0.3, -0.25) is 0 Å². The van der Waals surface area contributed by atoms with Gasteiger partial charge in [-0.1, -0.05) is 0 Å². The van der Waals surface area contributed by atoms with Gasteiger partial charge in [0, 0.05) is 0 Å². The number of benzene rings is 1. The monoisotopic (exact) mass is 181 g/mol. The van der Waals surface area contributed by atoms with E-state index < -0.39 is 17.2 Å². The molecule has 0 fully saturated rings. The summed E-state index contributed by atoms with van der Waals surface area (Å²) < 4.78 is 26.0. The van der Waals surface area contributed by atoms with Gasteiger partial charge in [0.25, 0.3) is 0 Å². The van der Waals surface area contributed by atoms with E-state index in [4.69, 9.17) is 11.1 Å². The summed E-state index contributed by atoms with van der Waals surface area (Å²) in [6, 6.07) is 3.62. The van der Waals surface area contributed by atoms with Crippen LogP contribution in [0.15, 0.2) is 17.2 Å². The smallest absolute Gasteiger partial charge is 0.152 e. The molecule has 0 spiro atoms. The molecule has 0 heterocycles. The third-order valence-corrected chi connectivity index (χ3v) is 1.45. The summed E-state index contributed by atoms with van der Waals surface area (Å²) in [6.07, 6.45) is 0.825. The van der Waals surface area contributed by atoms with Gasteiger partial charge in [0.15, 0.2) is 5.82 Å². The predicted octanol–water partition coefficient (Wildman–Crippen LogP) is 1.13. The Morgan fingerprint density at radius 3 is 2.69 bits per heavy atom. The number of rotatable bonds is 1. The highest BCUT2D eigenvalue weighted by atomic mass is 19.1. The van der Waals surface area contributed by atoms with Gasteiger partial charge in [-0.2, -0.15) is 10.4 Å². The van der Waals surface area contributed by atoms with Crippen LogP contribution in [0.2, 0.25) is 0 Å². The Bertz CT molecular complexity index is 393. The standard InChI is InChI=1S/C8H5F2N3/c9-7-2-1-5(3-11)8(10)6(7)4-13-12/h1-2,4H,12H2. The van der Waals surface area contributed by atoms with Gasteiger partial charge in [0.2, 0.25) is 0 Å². The van der Waals surface area contributed by atoms with E-state index in [0.29, 0.717) is 0 Å². The molecule has 0 aliphatic rings. The summed E-state index contributed by atoms with van der Waals surface area (Å²) in [4.78, 5) is 0. The van der Waals surface area contributed by atoms with E-state index in [1.54, 1.807) is 6.07 Å². The van der Waals surface area contributed by atoms with Crippen molar-refractivity contribution in [1.29, 1.82) is 5.26 Å². The molecule has 0 saturated heterocycles. The van der Waals surface area contributed by atoms with E-state index in [1.165, 1.54) is 0 Å². The summed E-state index contributed by atoms with van der Waals surface area (Å²) in [5, 5.41) is 11.4. The molecule has 2 N–H and O–H groups in total. The van der Waals surface area contributed by atoms with E-state index in [9.17, 15) is 8.78 Å². The zero-order valence-electron chi connectivity index (χ0n) is 6.46. The zero-order chi connectivity index (χ0) is 9.84. The summed E-state index contributed by atoms with van der Waals surface area (Å²) in [6.45, 7) is 0. The molecule has 5 heteroatoms. The highest BCUT2D eigenvalue weighted by Gasteiger charge is 2.10. The molecule has 0 saturated carbocycles. The lowest BCUT2D eigenvalue weighted by Crippen LogP contribution is -1.98. The lowest BCUT2D eigenvalue weighted by Gasteiger charge is -1.98. The van der Waals surface area contributed by atoms with E-state index in [1.807, 2.05) is 0 Å². The number of halogens is 2. The summed E-state index contributed by atoms with van der Waals surface area (Å²) >= 11 is 0. The maximum atomic E-state index is 13.1. The molecular weight excluding hydrogens is 176 g/mol. The topological polar surface area (TPSA) is 62.2 Å². The van der Waals surface area contributed by atoms with Crippen LogP contribution in [0.25, 0.3) is 0 Å². The molecular formula is C8H5F2N3. The van der Waals surface area contributed by atoms with E-state index in [-0.39, 0.29) is 5.56 Å². The van der Waals surface area contributed by atoms with Gasteiger partial charge in [-0.15, -0.1) is 0 Å². The number of hydrogen-bond acceptors (Lipinski definition) is 3. The Morgan fingerprint density at radius 2 is 2.15 bits per heavy atom. The van der Waals surface area contributed by atoms with Crippen molar-refractivity contribution < 1.29 is 8.78 Å². The lowest BCUT2D eigenvalue weighted by molar-refractivity contribution is 0.577. The van der Waals surface area contributed by atoms with Crippen molar-refractivity contribution >= 4 is 6.21 Å². The van der Waals surface area contributed by atoms with Crippen LogP contribution in [0.3, 0.4) is 0 Å². The van der Waals surface area contributed by atoms with Crippen molar-refractivity contribution in [3.05, 3.63) is 34.9 Å². The maximum absolute atomic E-state index is 13.1. The molecule has 1 rings (SSSR count). The highest BCUT2D eigenvalue weighted by Crippen LogP contribution is 2.14. The van der Waals surface area contributed by atoms with Crippen LogP contribution in [-0.4, -0.2) is 6.21 Å². The predicted molar refractivity (Wildman–Crippen MR) is 42.9 cm³/mol. The lowest BCUT2D eigenvalue weighted by atomic mass is 10.1. The molecule has 0 radical (unpaired) electrons. The normalized spacial score (nSPS) is 10.2. The first-order valence-electron chi connectivity index (χ1n) is 3.32. The van der Waals surface area contributed by atoms with Crippen LogP contribution in [0.5, 0.6) is 0 Å². The molecule has 1 aromatic rings. The Labute approximate surface area is 73.1 Å². The SMILES string of the molecule is N#Cc1ccc(F)c(C=NN)c1F. The van der Waals surface area contributed by atoms with Gasteiger partial charge in [0.05, 0.1) is 17.3 Å². The molecule has 0 aliphatic heterocycles. The fourth-order valence-electron chi connectivity index (χ4n) is 0.849. The second-order valence-electron chi connectivity index (χ2n) is 2.21. The minimum Gasteiger partial charge on any atom is -0.323 e. The summed E-state index contributed by atoms with van der Waals surface area (Å²) in [5.41, 5.74) is -0.641.